The number of amides is 2. The molecule has 0 radical (unpaired) electrons. The molecular formula is C16H12FN3O3. The van der Waals surface area contributed by atoms with Crippen LogP contribution < -0.4 is 15.5 Å². The van der Waals surface area contributed by atoms with Crippen LogP contribution in [0, 0.1) is 5.82 Å². The number of nitrogens with zero attached hydrogens (tertiary/aromatic N) is 1. The van der Waals surface area contributed by atoms with Gasteiger partial charge >= 0.3 is 0 Å². The lowest BCUT2D eigenvalue weighted by molar-refractivity contribution is -0.110. The van der Waals surface area contributed by atoms with Crippen LogP contribution in [0.1, 0.15) is 15.9 Å². The van der Waals surface area contributed by atoms with Crippen molar-refractivity contribution in [3.8, 4) is 5.75 Å². The summed E-state index contributed by atoms with van der Waals surface area (Å²) in [4.78, 5) is 24.0. The Morgan fingerprint density at radius 1 is 1.26 bits per heavy atom. The number of anilines is 1. The Morgan fingerprint density at radius 2 is 2.04 bits per heavy atom. The molecule has 2 amide bonds. The van der Waals surface area contributed by atoms with E-state index in [1.807, 2.05) is 0 Å². The minimum atomic E-state index is -0.535. The third kappa shape index (κ3) is 2.76. The minimum absolute atomic E-state index is 0.0530. The second-order valence-corrected chi connectivity index (χ2v) is 4.75. The molecule has 0 aromatic heterocycles. The molecule has 2 aromatic carbocycles. The Bertz CT molecular complexity index is 833. The number of carbonyl (C=O) groups is 2. The van der Waals surface area contributed by atoms with Gasteiger partial charge < -0.3 is 10.1 Å². The molecule has 1 aliphatic rings. The van der Waals surface area contributed by atoms with Gasteiger partial charge in [0.1, 0.15) is 11.6 Å². The molecular weight excluding hydrogens is 301 g/mol. The third-order valence-electron chi connectivity index (χ3n) is 3.32. The van der Waals surface area contributed by atoms with Crippen LogP contribution in [0.25, 0.3) is 0 Å². The molecule has 0 atom stereocenters. The average molecular weight is 313 g/mol. The maximum absolute atomic E-state index is 13.3. The van der Waals surface area contributed by atoms with Gasteiger partial charge in [-0.3, -0.25) is 9.59 Å². The highest BCUT2D eigenvalue weighted by molar-refractivity contribution is 6.53. The van der Waals surface area contributed by atoms with E-state index in [1.54, 1.807) is 24.3 Å². The zero-order valence-electron chi connectivity index (χ0n) is 12.1. The Hall–Kier alpha value is -3.22. The van der Waals surface area contributed by atoms with E-state index in [4.69, 9.17) is 4.74 Å². The minimum Gasteiger partial charge on any atom is -0.496 e. The fraction of sp³-hybridized carbons (Fsp3) is 0.0625. The van der Waals surface area contributed by atoms with Gasteiger partial charge in [-0.05, 0) is 30.3 Å². The molecule has 0 spiro atoms. The van der Waals surface area contributed by atoms with Gasteiger partial charge in [0.05, 0.1) is 18.4 Å². The Morgan fingerprint density at radius 3 is 2.83 bits per heavy atom. The number of benzene rings is 2. The summed E-state index contributed by atoms with van der Waals surface area (Å²) in [6, 6.07) is 10.5. The molecule has 0 saturated heterocycles. The van der Waals surface area contributed by atoms with E-state index in [0.717, 1.165) is 0 Å². The maximum Gasteiger partial charge on any atom is 0.276 e. The van der Waals surface area contributed by atoms with Crippen LogP contribution in [0.4, 0.5) is 10.1 Å². The van der Waals surface area contributed by atoms with Gasteiger partial charge in [0, 0.05) is 5.56 Å². The molecule has 1 heterocycles. The topological polar surface area (TPSA) is 79.8 Å². The SMILES string of the molecule is COc1ccccc1C(=O)N/N=C1/C(=O)Nc2ccc(F)cc21. The van der Waals surface area contributed by atoms with Crippen molar-refractivity contribution in [2.75, 3.05) is 12.4 Å². The van der Waals surface area contributed by atoms with Crippen LogP contribution in [0.5, 0.6) is 5.75 Å². The van der Waals surface area contributed by atoms with Gasteiger partial charge in [-0.25, -0.2) is 9.82 Å². The molecule has 0 saturated carbocycles. The summed E-state index contributed by atoms with van der Waals surface area (Å²) in [5, 5.41) is 6.37. The van der Waals surface area contributed by atoms with E-state index < -0.39 is 17.6 Å². The summed E-state index contributed by atoms with van der Waals surface area (Å²) in [5.41, 5.74) is 3.26. The summed E-state index contributed by atoms with van der Waals surface area (Å²) in [6.07, 6.45) is 0. The van der Waals surface area contributed by atoms with Crippen molar-refractivity contribution in [3.63, 3.8) is 0 Å². The molecule has 116 valence electrons. The van der Waals surface area contributed by atoms with Gasteiger partial charge in [0.15, 0.2) is 5.71 Å². The van der Waals surface area contributed by atoms with E-state index in [-0.39, 0.29) is 11.3 Å². The lowest BCUT2D eigenvalue weighted by atomic mass is 10.1. The van der Waals surface area contributed by atoms with Crippen LogP contribution in [0.2, 0.25) is 0 Å². The summed E-state index contributed by atoms with van der Waals surface area (Å²) < 4.78 is 18.4. The first-order chi connectivity index (χ1) is 11.1. The first-order valence-electron chi connectivity index (χ1n) is 6.72. The van der Waals surface area contributed by atoms with Crippen LogP contribution in [-0.2, 0) is 4.79 Å². The molecule has 0 fully saturated rings. The zero-order valence-corrected chi connectivity index (χ0v) is 12.1. The van der Waals surface area contributed by atoms with Crippen molar-refractivity contribution in [1.29, 1.82) is 0 Å². The number of halogens is 1. The van der Waals surface area contributed by atoms with Crippen molar-refractivity contribution in [2.24, 2.45) is 5.10 Å². The first kappa shape index (κ1) is 14.7. The van der Waals surface area contributed by atoms with Gasteiger partial charge in [0.2, 0.25) is 0 Å². The van der Waals surface area contributed by atoms with Crippen LogP contribution in [-0.4, -0.2) is 24.6 Å². The molecule has 2 N–H and O–H groups in total. The molecule has 2 aromatic rings. The predicted octanol–water partition coefficient (Wildman–Crippen LogP) is 1.92. The zero-order chi connectivity index (χ0) is 16.4. The molecule has 3 rings (SSSR count). The smallest absolute Gasteiger partial charge is 0.276 e. The summed E-state index contributed by atoms with van der Waals surface area (Å²) >= 11 is 0. The summed E-state index contributed by atoms with van der Waals surface area (Å²) in [7, 11) is 1.45. The number of para-hydroxylation sites is 1. The predicted molar refractivity (Wildman–Crippen MR) is 82.0 cm³/mol. The van der Waals surface area contributed by atoms with Gasteiger partial charge in [-0.15, -0.1) is 0 Å². The number of nitrogens with one attached hydrogen (secondary N) is 2. The lowest BCUT2D eigenvalue weighted by Gasteiger charge is -2.06. The van der Waals surface area contributed by atoms with Crippen molar-refractivity contribution >= 4 is 23.2 Å². The van der Waals surface area contributed by atoms with Crippen LogP contribution in [0.15, 0.2) is 47.6 Å². The molecule has 23 heavy (non-hydrogen) atoms. The molecule has 6 nitrogen and oxygen atoms in total. The van der Waals surface area contributed by atoms with E-state index in [9.17, 15) is 14.0 Å². The van der Waals surface area contributed by atoms with Crippen LogP contribution in [0.3, 0.4) is 0 Å². The highest BCUT2D eigenvalue weighted by atomic mass is 19.1. The molecule has 0 aliphatic carbocycles. The number of ether oxygens (including phenoxy) is 1. The van der Waals surface area contributed by atoms with Crippen molar-refractivity contribution in [2.45, 2.75) is 0 Å². The van der Waals surface area contributed by atoms with Crippen molar-refractivity contribution in [3.05, 3.63) is 59.4 Å². The maximum atomic E-state index is 13.3. The average Bonchev–Trinajstić information content (AvgIpc) is 2.87. The molecule has 7 heteroatoms. The first-order valence-corrected chi connectivity index (χ1v) is 6.72. The standard InChI is InChI=1S/C16H12FN3O3/c1-23-13-5-3-2-4-10(13)15(21)20-19-14-11-8-9(17)6-7-12(11)18-16(14)22/h2-8H,1H3,(H,20,21)(H,18,19,22). The Labute approximate surface area is 131 Å². The quantitative estimate of drug-likeness (QED) is 0.850. The van der Waals surface area contributed by atoms with Crippen LogP contribution >= 0.6 is 0 Å². The second-order valence-electron chi connectivity index (χ2n) is 4.75. The molecule has 0 bridgehead atoms. The molecule has 0 unspecified atom stereocenters. The number of carbonyl (C=O) groups excluding carboxylic acids is 2. The monoisotopic (exact) mass is 313 g/mol. The fourth-order valence-electron chi connectivity index (χ4n) is 2.24. The lowest BCUT2D eigenvalue weighted by Crippen LogP contribution is -2.23. The fourth-order valence-corrected chi connectivity index (χ4v) is 2.24. The van der Waals surface area contributed by atoms with E-state index >= 15 is 0 Å². The second kappa shape index (κ2) is 5.88. The number of rotatable bonds is 3. The van der Waals surface area contributed by atoms with Gasteiger partial charge in [0.25, 0.3) is 11.8 Å². The highest BCUT2D eigenvalue weighted by Crippen LogP contribution is 2.24. The summed E-state index contributed by atoms with van der Waals surface area (Å²) in [6.45, 7) is 0. The van der Waals surface area contributed by atoms with E-state index in [0.29, 0.717) is 17.0 Å². The number of hydrogen-bond donors (Lipinski definition) is 2. The number of hydrazone groups is 1. The number of hydrogen-bond acceptors (Lipinski definition) is 4. The third-order valence-corrected chi connectivity index (χ3v) is 3.32. The highest BCUT2D eigenvalue weighted by Gasteiger charge is 2.27. The van der Waals surface area contributed by atoms with Gasteiger partial charge in [-0.1, -0.05) is 12.1 Å². The van der Waals surface area contributed by atoms with Gasteiger partial charge in [-0.2, -0.15) is 5.10 Å². The normalized spacial score (nSPS) is 14.3. The van der Waals surface area contributed by atoms with E-state index in [2.05, 4.69) is 15.8 Å². The van der Waals surface area contributed by atoms with Crippen molar-refractivity contribution in [1.82, 2.24) is 5.43 Å². The Kier molecular flexibility index (Phi) is 3.76. The number of methoxy groups -OCH3 is 1. The number of fused-ring (bicyclic) bond motifs is 1. The molecule has 1 aliphatic heterocycles. The summed E-state index contributed by atoms with van der Waals surface area (Å²) in [5.74, 6) is -1.16. The Balaban J connectivity index is 1.87. The van der Waals surface area contributed by atoms with Crippen molar-refractivity contribution < 1.29 is 18.7 Å². The largest absolute Gasteiger partial charge is 0.496 e. The van der Waals surface area contributed by atoms with E-state index in [1.165, 1.54) is 25.3 Å².